The van der Waals surface area contributed by atoms with Crippen LogP contribution in [0.25, 0.3) is 0 Å². The molecule has 0 aromatic heterocycles. The fourth-order valence-electron chi connectivity index (χ4n) is 1.69. The van der Waals surface area contributed by atoms with Crippen LogP contribution in [0.1, 0.15) is 40.0 Å². The summed E-state index contributed by atoms with van der Waals surface area (Å²) >= 11 is 0. The minimum atomic E-state index is -4.18. The first-order valence-corrected chi connectivity index (χ1v) is 6.26. The van der Waals surface area contributed by atoms with E-state index in [0.29, 0.717) is 6.42 Å². The van der Waals surface area contributed by atoms with Crippen LogP contribution in [0.3, 0.4) is 0 Å². The van der Waals surface area contributed by atoms with Gasteiger partial charge in [-0.2, -0.15) is 13.2 Å². The third kappa shape index (κ3) is 8.72. The normalized spacial score (nSPS) is 17.5. The molecule has 0 radical (unpaired) electrons. The minimum Gasteiger partial charge on any atom is -0.394 e. The second-order valence-corrected chi connectivity index (χ2v) is 4.90. The highest BCUT2D eigenvalue weighted by molar-refractivity contribution is 4.84. The summed E-state index contributed by atoms with van der Waals surface area (Å²) in [4.78, 5) is 0. The quantitative estimate of drug-likeness (QED) is 0.677. The molecule has 2 unspecified atom stereocenters. The van der Waals surface area contributed by atoms with Crippen LogP contribution in [-0.2, 0) is 4.74 Å². The van der Waals surface area contributed by atoms with E-state index in [4.69, 9.17) is 4.74 Å². The Hall–Kier alpha value is -0.330. The van der Waals surface area contributed by atoms with Gasteiger partial charge in [-0.15, -0.1) is 0 Å². The molecule has 2 atom stereocenters. The van der Waals surface area contributed by atoms with E-state index in [2.05, 4.69) is 5.32 Å². The summed E-state index contributed by atoms with van der Waals surface area (Å²) in [5, 5.41) is 12.5. The van der Waals surface area contributed by atoms with Crippen molar-refractivity contribution in [3.63, 3.8) is 0 Å². The van der Waals surface area contributed by atoms with E-state index >= 15 is 0 Å². The second-order valence-electron chi connectivity index (χ2n) is 4.90. The van der Waals surface area contributed by atoms with Crippen molar-refractivity contribution < 1.29 is 23.0 Å². The monoisotopic (exact) mass is 271 g/mol. The SMILES string of the molecule is CCCNC(C)(CO)CC(C)OCCC(F)(F)F. The van der Waals surface area contributed by atoms with Crippen molar-refractivity contribution >= 4 is 0 Å². The Bertz CT molecular complexity index is 224. The summed E-state index contributed by atoms with van der Waals surface area (Å²) in [6.07, 6.45) is -4.04. The van der Waals surface area contributed by atoms with Crippen LogP contribution in [0.5, 0.6) is 0 Å². The fourth-order valence-corrected chi connectivity index (χ4v) is 1.69. The smallest absolute Gasteiger partial charge is 0.391 e. The van der Waals surface area contributed by atoms with Crippen LogP contribution in [0.4, 0.5) is 13.2 Å². The molecule has 0 aromatic carbocycles. The zero-order valence-corrected chi connectivity index (χ0v) is 11.3. The molecule has 0 saturated carbocycles. The summed E-state index contributed by atoms with van der Waals surface area (Å²) in [6, 6.07) is 0. The average Bonchev–Trinajstić information content (AvgIpc) is 2.24. The van der Waals surface area contributed by atoms with E-state index in [1.807, 2.05) is 13.8 Å². The molecule has 110 valence electrons. The van der Waals surface area contributed by atoms with E-state index in [1.54, 1.807) is 6.92 Å². The van der Waals surface area contributed by atoms with Crippen molar-refractivity contribution in [1.82, 2.24) is 5.32 Å². The molecule has 0 aromatic rings. The zero-order chi connectivity index (χ0) is 14.2. The van der Waals surface area contributed by atoms with Crippen LogP contribution < -0.4 is 5.32 Å². The number of nitrogens with one attached hydrogen (secondary N) is 1. The molecular weight excluding hydrogens is 247 g/mol. The molecule has 3 nitrogen and oxygen atoms in total. The lowest BCUT2D eigenvalue weighted by Gasteiger charge is -2.31. The Labute approximate surface area is 107 Å². The number of hydrogen-bond donors (Lipinski definition) is 2. The summed E-state index contributed by atoms with van der Waals surface area (Å²) in [5.41, 5.74) is -0.506. The molecule has 0 spiro atoms. The molecule has 0 heterocycles. The molecule has 0 aliphatic carbocycles. The molecule has 6 heteroatoms. The van der Waals surface area contributed by atoms with Crippen molar-refractivity contribution in [2.24, 2.45) is 0 Å². The predicted molar refractivity (Wildman–Crippen MR) is 64.5 cm³/mol. The van der Waals surface area contributed by atoms with Gasteiger partial charge in [-0.05, 0) is 33.2 Å². The Morgan fingerprint density at radius 2 is 1.94 bits per heavy atom. The number of ether oxygens (including phenoxy) is 1. The highest BCUT2D eigenvalue weighted by Gasteiger charge is 2.28. The molecule has 0 aliphatic heterocycles. The van der Waals surface area contributed by atoms with E-state index in [9.17, 15) is 18.3 Å². The lowest BCUT2D eigenvalue weighted by atomic mass is 9.95. The maximum Gasteiger partial charge on any atom is 0.391 e. The van der Waals surface area contributed by atoms with Gasteiger partial charge in [-0.1, -0.05) is 6.92 Å². The Morgan fingerprint density at radius 3 is 2.39 bits per heavy atom. The van der Waals surface area contributed by atoms with Gasteiger partial charge < -0.3 is 15.2 Å². The van der Waals surface area contributed by atoms with Crippen molar-refractivity contribution in [1.29, 1.82) is 0 Å². The largest absolute Gasteiger partial charge is 0.394 e. The van der Waals surface area contributed by atoms with Crippen molar-refractivity contribution in [2.75, 3.05) is 19.8 Å². The topological polar surface area (TPSA) is 41.5 Å². The molecule has 0 aliphatic rings. The number of alkyl halides is 3. The minimum absolute atomic E-state index is 0.0695. The first kappa shape index (κ1) is 17.7. The summed E-state index contributed by atoms with van der Waals surface area (Å²) in [7, 11) is 0. The molecule has 0 bridgehead atoms. The number of hydrogen-bond acceptors (Lipinski definition) is 3. The number of aliphatic hydroxyl groups is 1. The lowest BCUT2D eigenvalue weighted by Crippen LogP contribution is -2.48. The van der Waals surface area contributed by atoms with Gasteiger partial charge >= 0.3 is 6.18 Å². The average molecular weight is 271 g/mol. The fraction of sp³-hybridized carbons (Fsp3) is 1.00. The van der Waals surface area contributed by atoms with Gasteiger partial charge in [0.15, 0.2) is 0 Å². The van der Waals surface area contributed by atoms with Gasteiger partial charge in [-0.25, -0.2) is 0 Å². The number of rotatable bonds is 9. The molecule has 18 heavy (non-hydrogen) atoms. The zero-order valence-electron chi connectivity index (χ0n) is 11.3. The Balaban J connectivity index is 3.99. The van der Waals surface area contributed by atoms with Crippen molar-refractivity contribution in [3.8, 4) is 0 Å². The van der Waals surface area contributed by atoms with Crippen LogP contribution in [-0.4, -0.2) is 42.7 Å². The van der Waals surface area contributed by atoms with E-state index in [0.717, 1.165) is 13.0 Å². The molecule has 0 amide bonds. The van der Waals surface area contributed by atoms with Gasteiger partial charge in [0.25, 0.3) is 0 Å². The van der Waals surface area contributed by atoms with Crippen molar-refractivity contribution in [2.45, 2.75) is 57.9 Å². The van der Waals surface area contributed by atoms with Crippen LogP contribution in [0.2, 0.25) is 0 Å². The molecular formula is C12H24F3NO2. The molecule has 0 rings (SSSR count). The molecule has 2 N–H and O–H groups in total. The van der Waals surface area contributed by atoms with E-state index < -0.39 is 18.1 Å². The van der Waals surface area contributed by atoms with E-state index in [-0.39, 0.29) is 19.3 Å². The first-order chi connectivity index (χ1) is 8.22. The maximum atomic E-state index is 11.9. The van der Waals surface area contributed by atoms with E-state index in [1.165, 1.54) is 0 Å². The second kappa shape index (κ2) is 7.96. The predicted octanol–water partition coefficient (Wildman–Crippen LogP) is 2.48. The molecule has 0 fully saturated rings. The summed E-state index contributed by atoms with van der Waals surface area (Å²) < 4.78 is 41.0. The Kier molecular flexibility index (Phi) is 7.82. The summed E-state index contributed by atoms with van der Waals surface area (Å²) in [6.45, 7) is 5.92. The Morgan fingerprint density at radius 1 is 1.33 bits per heavy atom. The standard InChI is InChI=1S/C12H24F3NO2/c1-4-6-16-11(3,9-17)8-10(2)18-7-5-12(13,14)15/h10,16-17H,4-9H2,1-3H3. The first-order valence-electron chi connectivity index (χ1n) is 6.26. The molecule has 0 saturated heterocycles. The third-order valence-electron chi connectivity index (χ3n) is 2.68. The van der Waals surface area contributed by atoms with Crippen LogP contribution >= 0.6 is 0 Å². The number of aliphatic hydroxyl groups excluding tert-OH is 1. The highest BCUT2D eigenvalue weighted by Crippen LogP contribution is 2.20. The van der Waals surface area contributed by atoms with Gasteiger partial charge in [0, 0.05) is 5.54 Å². The van der Waals surface area contributed by atoms with Crippen LogP contribution in [0, 0.1) is 0 Å². The van der Waals surface area contributed by atoms with Gasteiger partial charge in [0.1, 0.15) is 0 Å². The van der Waals surface area contributed by atoms with Crippen molar-refractivity contribution in [3.05, 3.63) is 0 Å². The lowest BCUT2D eigenvalue weighted by molar-refractivity contribution is -0.149. The highest BCUT2D eigenvalue weighted by atomic mass is 19.4. The van der Waals surface area contributed by atoms with Gasteiger partial charge in [0.2, 0.25) is 0 Å². The van der Waals surface area contributed by atoms with Gasteiger partial charge in [-0.3, -0.25) is 0 Å². The maximum absolute atomic E-state index is 11.9. The summed E-state index contributed by atoms with van der Waals surface area (Å²) in [5.74, 6) is 0. The third-order valence-corrected chi connectivity index (χ3v) is 2.68. The van der Waals surface area contributed by atoms with Crippen LogP contribution in [0.15, 0.2) is 0 Å². The van der Waals surface area contributed by atoms with Gasteiger partial charge in [0.05, 0.1) is 25.7 Å². The number of halogens is 3.